The Labute approximate surface area is 312 Å². The number of allylic oxidation sites excluding steroid dienone is 8. The monoisotopic (exact) mass is 688 g/mol. The van der Waals surface area contributed by atoms with E-state index in [1.807, 2.05) is 6.08 Å². The summed E-state index contributed by atoms with van der Waals surface area (Å²) >= 11 is 0. The molecule has 0 bridgehead atoms. The van der Waals surface area contributed by atoms with Crippen molar-refractivity contribution in [1.82, 2.24) is 5.32 Å². The molecule has 4 nitrogen and oxygen atoms in total. The summed E-state index contributed by atoms with van der Waals surface area (Å²) in [6, 6.07) is 20.0. The average molecular weight is 689 g/mol. The van der Waals surface area contributed by atoms with Crippen LogP contribution in [0.3, 0.4) is 0 Å². The molecular weight excluding hydrogens is 633 g/mol. The zero-order chi connectivity index (χ0) is 35.5. The maximum Gasteiger partial charge on any atom is 0.0644 e. The van der Waals surface area contributed by atoms with Crippen molar-refractivity contribution in [1.29, 1.82) is 5.41 Å². The van der Waals surface area contributed by atoms with Gasteiger partial charge in [-0.05, 0) is 129 Å². The first-order valence-corrected chi connectivity index (χ1v) is 19.9. The third-order valence-corrected chi connectivity index (χ3v) is 11.4. The Hall–Kier alpha value is -4.38. The Morgan fingerprint density at radius 3 is 2.50 bits per heavy atom. The lowest BCUT2D eigenvalue weighted by molar-refractivity contribution is 0.443. The molecule has 2 aliphatic heterocycles. The smallest absolute Gasteiger partial charge is 0.0644 e. The largest absolute Gasteiger partial charge is 0.324 e. The van der Waals surface area contributed by atoms with Crippen molar-refractivity contribution >= 4 is 11.4 Å². The van der Waals surface area contributed by atoms with Crippen LogP contribution in [-0.2, 0) is 0 Å². The van der Waals surface area contributed by atoms with E-state index in [9.17, 15) is 0 Å². The number of benzene rings is 2. The van der Waals surface area contributed by atoms with Crippen LogP contribution in [0, 0.1) is 17.2 Å². The van der Waals surface area contributed by atoms with Crippen LogP contribution in [0.15, 0.2) is 155 Å². The summed E-state index contributed by atoms with van der Waals surface area (Å²) < 4.78 is 0. The van der Waals surface area contributed by atoms with Gasteiger partial charge < -0.3 is 16.5 Å². The SMILES string of the molecule is N=C1C=CCC/C1=C1\CCCC\C1=C/C1C=CC[C@@H](CC2=CC(C(N)/C=C\C/C=C\C3C=CC(c4ccc(-c5ccccc5)cc4)=NC3)CCC2)N1. The Morgan fingerprint density at radius 2 is 1.67 bits per heavy atom. The molecule has 2 heterocycles. The first-order chi connectivity index (χ1) is 25.6. The van der Waals surface area contributed by atoms with Crippen molar-refractivity contribution < 1.29 is 0 Å². The molecule has 4 N–H and O–H groups in total. The van der Waals surface area contributed by atoms with E-state index in [1.165, 1.54) is 65.5 Å². The molecular formula is C48H56N4. The molecule has 0 amide bonds. The number of nitrogens with one attached hydrogen (secondary N) is 2. The van der Waals surface area contributed by atoms with Crippen molar-refractivity contribution in [3.05, 3.63) is 155 Å². The summed E-state index contributed by atoms with van der Waals surface area (Å²) in [5.74, 6) is 0.746. The molecule has 2 aromatic rings. The van der Waals surface area contributed by atoms with Gasteiger partial charge in [-0.15, -0.1) is 0 Å². The first-order valence-electron chi connectivity index (χ1n) is 19.9. The zero-order valence-corrected chi connectivity index (χ0v) is 30.7. The van der Waals surface area contributed by atoms with Crippen molar-refractivity contribution in [2.45, 2.75) is 95.2 Å². The minimum Gasteiger partial charge on any atom is -0.324 e. The molecule has 4 heteroatoms. The molecule has 0 spiro atoms. The van der Waals surface area contributed by atoms with Crippen LogP contribution in [0.25, 0.3) is 11.1 Å². The van der Waals surface area contributed by atoms with Crippen molar-refractivity contribution in [2.75, 3.05) is 6.54 Å². The Morgan fingerprint density at radius 1 is 0.846 bits per heavy atom. The van der Waals surface area contributed by atoms with E-state index in [-0.39, 0.29) is 12.1 Å². The second kappa shape index (κ2) is 17.9. The van der Waals surface area contributed by atoms with Gasteiger partial charge in [0.05, 0.1) is 11.4 Å². The molecule has 3 aliphatic carbocycles. The average Bonchev–Trinajstić information content (AvgIpc) is 3.19. The van der Waals surface area contributed by atoms with Crippen LogP contribution < -0.4 is 11.1 Å². The summed E-state index contributed by atoms with van der Waals surface area (Å²) in [4.78, 5) is 4.89. The quantitative estimate of drug-likeness (QED) is 0.217. The second-order valence-corrected chi connectivity index (χ2v) is 15.2. The van der Waals surface area contributed by atoms with E-state index >= 15 is 0 Å². The van der Waals surface area contributed by atoms with E-state index < -0.39 is 0 Å². The van der Waals surface area contributed by atoms with Crippen LogP contribution in [0.5, 0.6) is 0 Å². The highest BCUT2D eigenvalue weighted by atomic mass is 14.9. The maximum atomic E-state index is 8.53. The normalized spacial score (nSPS) is 28.1. The van der Waals surface area contributed by atoms with E-state index in [0.717, 1.165) is 62.9 Å². The lowest BCUT2D eigenvalue weighted by atomic mass is 9.81. The van der Waals surface area contributed by atoms with Gasteiger partial charge in [0, 0.05) is 30.6 Å². The van der Waals surface area contributed by atoms with Crippen molar-refractivity contribution in [3.63, 3.8) is 0 Å². The number of nitrogens with zero attached hydrogens (tertiary/aromatic N) is 1. The summed E-state index contributed by atoms with van der Waals surface area (Å²) in [6.07, 6.45) is 40.8. The molecule has 2 aromatic carbocycles. The lowest BCUT2D eigenvalue weighted by Gasteiger charge is -2.31. The summed E-state index contributed by atoms with van der Waals surface area (Å²) in [7, 11) is 0. The van der Waals surface area contributed by atoms with Gasteiger partial charge in [-0.3, -0.25) is 4.99 Å². The number of dihydropyridines is 1. The first kappa shape index (κ1) is 36.0. The molecule has 1 saturated carbocycles. The fraction of sp³-hybridized carbons (Fsp3) is 0.375. The van der Waals surface area contributed by atoms with Crippen LogP contribution >= 0.6 is 0 Å². The van der Waals surface area contributed by atoms with E-state index in [1.54, 1.807) is 5.57 Å². The van der Waals surface area contributed by atoms with Gasteiger partial charge in [0.25, 0.3) is 0 Å². The van der Waals surface area contributed by atoms with Crippen LogP contribution in [0.4, 0.5) is 0 Å². The van der Waals surface area contributed by atoms with E-state index in [0.29, 0.717) is 17.9 Å². The highest BCUT2D eigenvalue weighted by Crippen LogP contribution is 2.35. The number of rotatable bonds is 10. The highest BCUT2D eigenvalue weighted by Gasteiger charge is 2.24. The second-order valence-electron chi connectivity index (χ2n) is 15.2. The molecule has 0 saturated heterocycles. The van der Waals surface area contributed by atoms with Gasteiger partial charge in [-0.1, -0.05) is 121 Å². The third kappa shape index (κ3) is 9.53. The topological polar surface area (TPSA) is 74.3 Å². The van der Waals surface area contributed by atoms with Crippen LogP contribution in [0.1, 0.15) is 82.6 Å². The molecule has 268 valence electrons. The zero-order valence-electron chi connectivity index (χ0n) is 30.7. The fourth-order valence-corrected chi connectivity index (χ4v) is 8.53. The third-order valence-electron chi connectivity index (χ3n) is 11.4. The molecule has 1 fully saturated rings. The van der Waals surface area contributed by atoms with Crippen molar-refractivity contribution in [3.8, 4) is 11.1 Å². The molecule has 7 rings (SSSR count). The number of hydrogen-bond acceptors (Lipinski definition) is 4. The Bertz CT molecular complexity index is 1830. The molecule has 5 atom stereocenters. The Balaban J connectivity index is 0.870. The van der Waals surface area contributed by atoms with Crippen LogP contribution in [0.2, 0.25) is 0 Å². The minimum atomic E-state index is 0.0570. The number of hydrogen-bond donors (Lipinski definition) is 3. The number of aliphatic imine (C=N–C) groups is 1. The molecule has 0 radical (unpaired) electrons. The van der Waals surface area contributed by atoms with Gasteiger partial charge in [-0.25, -0.2) is 0 Å². The summed E-state index contributed by atoms with van der Waals surface area (Å²) in [5, 5.41) is 12.5. The minimum absolute atomic E-state index is 0.0570. The van der Waals surface area contributed by atoms with Gasteiger partial charge in [0.15, 0.2) is 0 Å². The van der Waals surface area contributed by atoms with Gasteiger partial charge in [0.1, 0.15) is 0 Å². The Kier molecular flexibility index (Phi) is 12.4. The maximum absolute atomic E-state index is 8.53. The van der Waals surface area contributed by atoms with E-state index in [2.05, 4.69) is 127 Å². The van der Waals surface area contributed by atoms with E-state index in [4.69, 9.17) is 16.1 Å². The fourth-order valence-electron chi connectivity index (χ4n) is 8.53. The summed E-state index contributed by atoms with van der Waals surface area (Å²) in [6.45, 7) is 0.786. The standard InChI is InChI=1S/C48H56N4/c49-46(23-6-1-3-13-35-25-30-48(51-34-35)39-28-26-38(27-29-39)37-15-4-2-5-16-37)41-18-11-14-36(31-41)32-42-19-12-20-43(52-42)33-40-17-7-8-21-44(40)45-22-9-10-24-47(45)50/h2-6,10,12-13,15-16,20,23-31,33,35,41-43,46,50,52H,1,7-9,11,14,17-19,21-22,32,34,49H2/b13-3-,23-6-,40-33+,45-44-,50-47?/t35?,41?,42-,43?,46?/m0/s1. The van der Waals surface area contributed by atoms with Gasteiger partial charge in [0.2, 0.25) is 0 Å². The predicted molar refractivity (Wildman–Crippen MR) is 221 cm³/mol. The lowest BCUT2D eigenvalue weighted by Crippen LogP contribution is -2.39. The number of nitrogens with two attached hydrogens (primary N) is 1. The molecule has 5 aliphatic rings. The molecule has 4 unspecified atom stereocenters. The van der Waals surface area contributed by atoms with Crippen molar-refractivity contribution in [2.24, 2.45) is 22.6 Å². The summed E-state index contributed by atoms with van der Waals surface area (Å²) in [5.41, 5.74) is 18.0. The van der Waals surface area contributed by atoms with Crippen LogP contribution in [-0.4, -0.2) is 36.1 Å². The van der Waals surface area contributed by atoms with Gasteiger partial charge in [-0.2, -0.15) is 0 Å². The highest BCUT2D eigenvalue weighted by molar-refractivity contribution is 6.09. The predicted octanol–water partition coefficient (Wildman–Crippen LogP) is 10.7. The van der Waals surface area contributed by atoms with Gasteiger partial charge >= 0.3 is 0 Å². The molecule has 52 heavy (non-hydrogen) atoms. The molecule has 0 aromatic heterocycles.